The first-order chi connectivity index (χ1) is 15.4. The van der Waals surface area contributed by atoms with E-state index in [0.29, 0.717) is 39.1 Å². The number of aliphatic hydroxyl groups is 1. The van der Waals surface area contributed by atoms with Crippen LogP contribution in [0.5, 0.6) is 0 Å². The van der Waals surface area contributed by atoms with Crippen LogP contribution in [0.1, 0.15) is 112 Å². The molecule has 5 aliphatic carbocycles. The molecule has 0 heterocycles. The van der Waals surface area contributed by atoms with Crippen LogP contribution in [-0.4, -0.2) is 22.3 Å². The highest BCUT2D eigenvalue weighted by Crippen LogP contribution is 2.89. The van der Waals surface area contributed by atoms with Crippen molar-refractivity contribution in [2.45, 2.75) is 118 Å². The molecule has 2 spiro atoms. The number of carbonyl (C=O) groups is 1. The van der Waals surface area contributed by atoms with E-state index < -0.39 is 5.97 Å². The highest BCUT2D eigenvalue weighted by Gasteiger charge is 2.82. The molecule has 0 aromatic rings. The van der Waals surface area contributed by atoms with E-state index in [2.05, 4.69) is 34.6 Å². The zero-order chi connectivity index (χ0) is 24.0. The van der Waals surface area contributed by atoms with E-state index in [1.165, 1.54) is 51.4 Å². The Balaban J connectivity index is 1.37. The Morgan fingerprint density at radius 3 is 2.30 bits per heavy atom. The van der Waals surface area contributed by atoms with Crippen molar-refractivity contribution in [2.75, 3.05) is 0 Å². The number of aliphatic hydroxyl groups excluding tert-OH is 1. The van der Waals surface area contributed by atoms with E-state index in [9.17, 15) is 15.0 Å². The van der Waals surface area contributed by atoms with Crippen molar-refractivity contribution in [2.24, 2.45) is 50.7 Å². The van der Waals surface area contributed by atoms with Gasteiger partial charge in [-0.1, -0.05) is 40.7 Å². The van der Waals surface area contributed by atoms with Gasteiger partial charge in [-0.2, -0.15) is 0 Å². The highest BCUT2D eigenvalue weighted by atomic mass is 16.4. The second-order valence-corrected chi connectivity index (χ2v) is 14.3. The molecule has 0 saturated heterocycles. The van der Waals surface area contributed by atoms with Gasteiger partial charge in [-0.05, 0) is 128 Å². The predicted molar refractivity (Wildman–Crippen MR) is 133 cm³/mol. The smallest absolute Gasteiger partial charge is 0.330 e. The Morgan fingerprint density at radius 2 is 1.61 bits per heavy atom. The monoisotopic (exact) mass is 456 g/mol. The summed E-state index contributed by atoms with van der Waals surface area (Å²) < 4.78 is 0. The summed E-state index contributed by atoms with van der Waals surface area (Å²) in [7, 11) is 0. The molecule has 0 aliphatic heterocycles. The van der Waals surface area contributed by atoms with Gasteiger partial charge in [-0.15, -0.1) is 0 Å². The number of fused-ring (bicyclic) bond motifs is 2. The molecule has 9 atom stereocenters. The van der Waals surface area contributed by atoms with E-state index >= 15 is 0 Å². The zero-order valence-corrected chi connectivity index (χ0v) is 22.0. The third kappa shape index (κ3) is 2.93. The lowest BCUT2D eigenvalue weighted by molar-refractivity contribution is -0.161. The molecule has 33 heavy (non-hydrogen) atoms. The summed E-state index contributed by atoms with van der Waals surface area (Å²) in [6.07, 6.45) is 15.7. The Labute approximate surface area is 201 Å². The molecule has 0 amide bonds. The van der Waals surface area contributed by atoms with Gasteiger partial charge in [0.1, 0.15) is 0 Å². The van der Waals surface area contributed by atoms with Crippen LogP contribution in [0.2, 0.25) is 0 Å². The van der Waals surface area contributed by atoms with E-state index in [-0.39, 0.29) is 11.5 Å². The van der Waals surface area contributed by atoms with E-state index in [0.717, 1.165) is 31.1 Å². The molecule has 0 radical (unpaired) electrons. The molecule has 3 nitrogen and oxygen atoms in total. The van der Waals surface area contributed by atoms with E-state index in [1.807, 2.05) is 6.08 Å². The largest absolute Gasteiger partial charge is 0.478 e. The van der Waals surface area contributed by atoms with Gasteiger partial charge >= 0.3 is 5.97 Å². The van der Waals surface area contributed by atoms with Crippen LogP contribution in [0, 0.1) is 50.7 Å². The fourth-order valence-corrected chi connectivity index (χ4v) is 11.2. The summed E-state index contributed by atoms with van der Waals surface area (Å²) in [6.45, 7) is 14.2. The molecule has 0 aromatic heterocycles. The lowest BCUT2D eigenvalue weighted by Gasteiger charge is -2.63. The first-order valence-electron chi connectivity index (χ1n) is 13.9. The van der Waals surface area contributed by atoms with Crippen molar-refractivity contribution in [3.8, 4) is 0 Å². The van der Waals surface area contributed by atoms with Crippen LogP contribution < -0.4 is 0 Å². The molecule has 5 unspecified atom stereocenters. The van der Waals surface area contributed by atoms with E-state index in [1.54, 1.807) is 6.92 Å². The normalized spacial score (nSPS) is 51.1. The Bertz CT molecular complexity index is 859. The van der Waals surface area contributed by atoms with Gasteiger partial charge in [0.05, 0.1) is 6.10 Å². The van der Waals surface area contributed by atoms with Crippen molar-refractivity contribution < 1.29 is 15.0 Å². The zero-order valence-electron chi connectivity index (χ0n) is 22.0. The van der Waals surface area contributed by atoms with Crippen LogP contribution in [0.3, 0.4) is 0 Å². The number of carboxylic acid groups (broad SMARTS) is 1. The fourth-order valence-electron chi connectivity index (χ4n) is 11.2. The Hall–Kier alpha value is -0.830. The van der Waals surface area contributed by atoms with Gasteiger partial charge in [0.15, 0.2) is 0 Å². The van der Waals surface area contributed by atoms with Crippen LogP contribution in [0.4, 0.5) is 0 Å². The number of hydrogen-bond donors (Lipinski definition) is 2. The summed E-state index contributed by atoms with van der Waals surface area (Å²) >= 11 is 0. The number of allylic oxidation sites excluding steroid dienone is 1. The van der Waals surface area contributed by atoms with Crippen molar-refractivity contribution in [1.29, 1.82) is 0 Å². The average Bonchev–Trinajstić information content (AvgIpc) is 3.33. The molecule has 0 bridgehead atoms. The summed E-state index contributed by atoms with van der Waals surface area (Å²) in [5.74, 6) is 2.19. The molecule has 2 N–H and O–H groups in total. The highest BCUT2D eigenvalue weighted by molar-refractivity contribution is 5.85. The minimum Gasteiger partial charge on any atom is -0.478 e. The Morgan fingerprint density at radius 1 is 0.939 bits per heavy atom. The number of hydrogen-bond acceptors (Lipinski definition) is 2. The lowest BCUT2D eigenvalue weighted by Crippen LogP contribution is -2.57. The molecular weight excluding hydrogens is 408 g/mol. The SMILES string of the molecule is C/C(=C/CCC(C)[C@H]1CCC2(C)C3CCC4C(C)(C)[C@@H](O)CC[C@@]45CC35CC[C@]12C)C(=O)O. The van der Waals surface area contributed by atoms with Gasteiger partial charge in [-0.25, -0.2) is 4.79 Å². The van der Waals surface area contributed by atoms with Gasteiger partial charge in [0, 0.05) is 5.57 Å². The quantitative estimate of drug-likeness (QED) is 0.429. The minimum atomic E-state index is -0.784. The first-order valence-corrected chi connectivity index (χ1v) is 13.9. The maximum atomic E-state index is 11.2. The lowest BCUT2D eigenvalue weighted by atomic mass is 9.41. The first kappa shape index (κ1) is 23.9. The topological polar surface area (TPSA) is 57.5 Å². The Kier molecular flexibility index (Phi) is 5.31. The molecule has 3 heteroatoms. The summed E-state index contributed by atoms with van der Waals surface area (Å²) in [6, 6.07) is 0. The molecule has 5 rings (SSSR count). The third-order valence-corrected chi connectivity index (χ3v) is 13.3. The summed E-state index contributed by atoms with van der Waals surface area (Å²) in [4.78, 5) is 11.2. The maximum absolute atomic E-state index is 11.2. The number of rotatable bonds is 5. The van der Waals surface area contributed by atoms with Crippen molar-refractivity contribution in [3.05, 3.63) is 11.6 Å². The van der Waals surface area contributed by atoms with Crippen molar-refractivity contribution in [1.82, 2.24) is 0 Å². The minimum absolute atomic E-state index is 0.0721. The van der Waals surface area contributed by atoms with Gasteiger partial charge in [0.25, 0.3) is 0 Å². The second-order valence-electron chi connectivity index (χ2n) is 14.3. The van der Waals surface area contributed by atoms with Gasteiger partial charge in [0.2, 0.25) is 0 Å². The molecule has 5 fully saturated rings. The van der Waals surface area contributed by atoms with Crippen LogP contribution in [-0.2, 0) is 4.79 Å². The molecule has 5 saturated carbocycles. The average molecular weight is 457 g/mol. The molecule has 0 aromatic carbocycles. The molecule has 5 aliphatic rings. The van der Waals surface area contributed by atoms with Crippen molar-refractivity contribution >= 4 is 5.97 Å². The van der Waals surface area contributed by atoms with Crippen LogP contribution in [0.15, 0.2) is 11.6 Å². The molecular formula is C30H48O3. The predicted octanol–water partition coefficient (Wildman–Crippen LogP) is 7.23. The third-order valence-electron chi connectivity index (χ3n) is 13.3. The van der Waals surface area contributed by atoms with Gasteiger partial charge < -0.3 is 10.2 Å². The fraction of sp³-hybridized carbons (Fsp3) is 0.900. The maximum Gasteiger partial charge on any atom is 0.330 e. The number of carboxylic acids is 1. The standard InChI is InChI=1S/C30H48O3/c1-19(8-7-9-20(2)25(32)33)21-12-14-28(6)23-11-10-22-26(3,4)24(31)13-15-29(22)18-30(23,29)17-16-27(21,28)5/h9,19,21-24,31H,7-8,10-18H2,1-6H3,(H,32,33)/b20-9-/t19?,21-,22?,23?,24+,27-,28?,29-,30?/m1/s1. The summed E-state index contributed by atoms with van der Waals surface area (Å²) in [5, 5.41) is 20.0. The van der Waals surface area contributed by atoms with Crippen LogP contribution in [0.25, 0.3) is 0 Å². The molecule has 186 valence electrons. The number of aliphatic carboxylic acids is 1. The second kappa shape index (κ2) is 7.34. The van der Waals surface area contributed by atoms with Gasteiger partial charge in [-0.3, -0.25) is 0 Å². The van der Waals surface area contributed by atoms with Crippen molar-refractivity contribution in [3.63, 3.8) is 0 Å². The summed E-state index contributed by atoms with van der Waals surface area (Å²) in [5.41, 5.74) is 2.48. The van der Waals surface area contributed by atoms with E-state index in [4.69, 9.17) is 0 Å². The van der Waals surface area contributed by atoms with Crippen LogP contribution >= 0.6 is 0 Å².